The summed E-state index contributed by atoms with van der Waals surface area (Å²) >= 11 is 0. The summed E-state index contributed by atoms with van der Waals surface area (Å²) in [5.41, 5.74) is -15.9. The molecule has 1 saturated heterocycles. The Bertz CT molecular complexity index is 3010. The van der Waals surface area contributed by atoms with Crippen LogP contribution >= 0.6 is 0 Å². The fourth-order valence-electron chi connectivity index (χ4n) is 12.2. The Hall–Kier alpha value is -5.55. The molecule has 20 nitrogen and oxygen atoms in total. The van der Waals surface area contributed by atoms with E-state index in [4.69, 9.17) is 37.7 Å². The van der Waals surface area contributed by atoms with E-state index in [1.54, 1.807) is 83.1 Å². The van der Waals surface area contributed by atoms with Crippen LogP contribution in [0.5, 0.6) is 0 Å². The van der Waals surface area contributed by atoms with Crippen LogP contribution in [0.4, 0.5) is 32.0 Å². The molecule has 8 rings (SSSR count). The van der Waals surface area contributed by atoms with Gasteiger partial charge in [0, 0.05) is 12.8 Å². The second-order valence-corrected chi connectivity index (χ2v) is 31.0. The highest BCUT2D eigenvalue weighted by atomic mass is 32.3. The molecule has 0 unspecified atom stereocenters. The van der Waals surface area contributed by atoms with Crippen LogP contribution in [0.1, 0.15) is 182 Å². The number of benzene rings is 1. The molecule has 0 aromatic heterocycles. The molecule has 0 radical (unpaired) electrons. The first-order valence-electron chi connectivity index (χ1n) is 29.3. The first-order chi connectivity index (χ1) is 40.3. The van der Waals surface area contributed by atoms with Crippen LogP contribution in [-0.2, 0) is 91.3 Å². The van der Waals surface area contributed by atoms with Crippen molar-refractivity contribution in [1.29, 1.82) is 0 Å². The summed E-state index contributed by atoms with van der Waals surface area (Å²) in [6, 6.07) is 3.85. The second-order valence-electron chi connectivity index (χ2n) is 27.2. The number of ketones is 1. The largest absolute Gasteiger partial charge is 0.517 e. The van der Waals surface area contributed by atoms with E-state index in [1.807, 2.05) is 27.7 Å². The number of rotatable bonds is 16. The first-order valence-corrected chi connectivity index (χ1v) is 32.2. The minimum atomic E-state index is -6.81. The fourth-order valence-corrected chi connectivity index (χ4v) is 14.9. The summed E-state index contributed by atoms with van der Waals surface area (Å²) in [6.07, 6.45) is 8.07. The van der Waals surface area contributed by atoms with Crippen molar-refractivity contribution in [3.63, 3.8) is 0 Å². The highest BCUT2D eigenvalue weighted by Gasteiger charge is 2.71. The summed E-state index contributed by atoms with van der Waals surface area (Å²) in [7, 11) is -14.0. The smallest absolute Gasteiger partial charge is 0.462 e. The number of anilines is 1. The van der Waals surface area contributed by atoms with Gasteiger partial charge in [0.25, 0.3) is 0 Å². The molecule has 1 heterocycles. The van der Waals surface area contributed by atoms with Crippen LogP contribution in [0, 0.1) is 32.5 Å². The Morgan fingerprint density at radius 2 is 0.753 bits per heavy atom. The number of allylic oxidation sites excluding steroid dienone is 4. The SMILES string of the molecule is CC(C)OC(=O)C1(C(=O)OC(C)C)CC2(C=C(B3OC(C)(C)C(C)(C)O3)C2)C1.CC(C)OC(=O)C1(C(=O)OC(C)C)CC2(CC(=O)C2)C1.CC1=CC2(C1)CC(C(=O)OC(C)C)(C(=O)OC(C)C)C2.O=S(=O)(N(c1ccccc1)S(=O)(=O)C(F)(F)F)C(F)(F)F. The lowest BCUT2D eigenvalue weighted by molar-refractivity contribution is -0.203. The lowest BCUT2D eigenvalue weighted by atomic mass is 9.43. The van der Waals surface area contributed by atoms with Gasteiger partial charge in [0.05, 0.1) is 53.5 Å². The fraction of sp³-hybridized carbons (Fsp3) is 0.717. The minimum Gasteiger partial charge on any atom is -0.462 e. The number of hydrogen-bond acceptors (Lipinski definition) is 19. The highest BCUT2D eigenvalue weighted by molar-refractivity contribution is 8.11. The van der Waals surface area contributed by atoms with Crippen LogP contribution in [0.3, 0.4) is 0 Å². The van der Waals surface area contributed by atoms with E-state index in [9.17, 15) is 76.7 Å². The number of Topliss-reactive ketones (excluding diaryl/α,β-unsaturated/α-hetero) is 1. The summed E-state index contributed by atoms with van der Waals surface area (Å²) in [6.45, 7) is 31.5. The van der Waals surface area contributed by atoms with E-state index in [0.29, 0.717) is 63.5 Å². The van der Waals surface area contributed by atoms with Crippen molar-refractivity contribution in [3.05, 3.63) is 53.5 Å². The third-order valence-electron chi connectivity index (χ3n) is 16.3. The molecule has 500 valence electrons. The van der Waals surface area contributed by atoms with Gasteiger partial charge in [0.15, 0.2) is 16.2 Å². The Morgan fingerprint density at radius 1 is 0.483 bits per heavy atom. The predicted octanol–water partition coefficient (Wildman–Crippen LogP) is 10.8. The molecule has 1 aliphatic heterocycles. The van der Waals surface area contributed by atoms with Gasteiger partial charge in [-0.05, 0) is 203 Å². The molecular formula is C60H84BF6NO19S2. The first kappa shape index (κ1) is 74.2. The van der Waals surface area contributed by atoms with E-state index < -0.39 is 92.5 Å². The summed E-state index contributed by atoms with van der Waals surface area (Å²) < 4.78 is 162. The van der Waals surface area contributed by atoms with Gasteiger partial charge < -0.3 is 37.7 Å². The van der Waals surface area contributed by atoms with E-state index in [1.165, 1.54) is 5.57 Å². The molecule has 5 fully saturated rings. The van der Waals surface area contributed by atoms with Gasteiger partial charge in [0.1, 0.15) is 5.78 Å². The van der Waals surface area contributed by atoms with Crippen molar-refractivity contribution in [3.8, 4) is 0 Å². The monoisotopic (exact) mass is 1310 g/mol. The third-order valence-corrected chi connectivity index (χ3v) is 19.9. The lowest BCUT2D eigenvalue weighted by Crippen LogP contribution is -2.61. The normalized spacial score (nSPS) is 21.4. The van der Waals surface area contributed by atoms with Gasteiger partial charge in [-0.1, -0.05) is 35.9 Å². The molecule has 6 aliphatic carbocycles. The standard InChI is InChI=1S/C21H33BO6.C16H24O4.C15H22O5.C8H5F6NO4S2/c1-13(2)25-16(23)21(17(24)26-14(3)4)11-20(12-21)9-15(10-20)22-27-18(5,6)19(7,8)28-22;1-10(2)19-13(17)16(14(18)20-11(3)4)8-15(9-16)6-12(5)7-15;1-9(2)19-12(17)15(13(18)20-10(3)4)7-14(8-15)5-11(16)6-14;9-7(10,11)20(16,17)15(6-4-2-1-3-5-6)21(18,19)8(12,13)14/h9,13-14H,10-12H2,1-8H3;6,10-11H,7-9H2,1-5H3;9-10H,5-8H2,1-4H3;1-5H. The zero-order valence-corrected chi connectivity index (χ0v) is 55.1. The van der Waals surface area contributed by atoms with Crippen LogP contribution in [0.25, 0.3) is 0 Å². The molecule has 1 aromatic carbocycles. The maximum absolute atomic E-state index is 12.7. The zero-order chi connectivity index (χ0) is 68.1. The molecule has 0 amide bonds. The van der Waals surface area contributed by atoms with E-state index in [2.05, 4.69) is 19.1 Å². The molecule has 1 aromatic rings. The second kappa shape index (κ2) is 25.9. The molecule has 89 heavy (non-hydrogen) atoms. The van der Waals surface area contributed by atoms with Crippen LogP contribution < -0.4 is 3.71 Å². The summed E-state index contributed by atoms with van der Waals surface area (Å²) in [5, 5.41) is 0. The lowest BCUT2D eigenvalue weighted by Gasteiger charge is -2.56. The number of para-hydroxylation sites is 1. The number of alkyl halides is 6. The number of carbonyl (C=O) groups excluding carboxylic acids is 7. The number of sulfonamides is 2. The average Bonchev–Trinajstić information content (AvgIpc) is 1.12. The number of ether oxygens (including phenoxy) is 6. The van der Waals surface area contributed by atoms with Crippen molar-refractivity contribution in [2.45, 2.75) is 241 Å². The van der Waals surface area contributed by atoms with E-state index in [-0.39, 0.29) is 77.0 Å². The highest BCUT2D eigenvalue weighted by Crippen LogP contribution is 2.67. The topological polar surface area (TPSA) is 265 Å². The molecule has 0 bridgehead atoms. The molecule has 0 N–H and O–H groups in total. The van der Waals surface area contributed by atoms with E-state index in [0.717, 1.165) is 36.5 Å². The molecule has 7 aliphatic rings. The summed E-state index contributed by atoms with van der Waals surface area (Å²) in [4.78, 5) is 85.9. The zero-order valence-electron chi connectivity index (χ0n) is 53.4. The quantitative estimate of drug-likeness (QED) is 0.0372. The molecular weight excluding hydrogens is 1230 g/mol. The van der Waals surface area contributed by atoms with E-state index >= 15 is 0 Å². The summed E-state index contributed by atoms with van der Waals surface area (Å²) in [5.74, 6) is -2.63. The maximum Gasteiger partial charge on any atom is 0.517 e. The third kappa shape index (κ3) is 15.5. The van der Waals surface area contributed by atoms with Gasteiger partial charge in [0.2, 0.25) is 0 Å². The van der Waals surface area contributed by atoms with Crippen LogP contribution in [-0.4, -0.2) is 124 Å². The Labute approximate surface area is 517 Å². The molecule has 4 saturated carbocycles. The van der Waals surface area contributed by atoms with Gasteiger partial charge in [-0.2, -0.15) is 43.2 Å². The number of halogens is 6. The van der Waals surface area contributed by atoms with Crippen molar-refractivity contribution in [2.75, 3.05) is 3.71 Å². The number of carbonyl (C=O) groups is 7. The van der Waals surface area contributed by atoms with Gasteiger partial charge in [-0.15, -0.1) is 3.71 Å². The predicted molar refractivity (Wildman–Crippen MR) is 310 cm³/mol. The van der Waals surface area contributed by atoms with Crippen molar-refractivity contribution < 1.29 is 114 Å². The number of nitrogens with zero attached hydrogens (tertiary/aromatic N) is 1. The van der Waals surface area contributed by atoms with Gasteiger partial charge >= 0.3 is 74.0 Å². The minimum absolute atomic E-state index is 0.0239. The molecule has 0 atom stereocenters. The Balaban J connectivity index is 0.000000218. The Kier molecular flexibility index (Phi) is 21.6. The van der Waals surface area contributed by atoms with Crippen molar-refractivity contribution in [1.82, 2.24) is 0 Å². The molecule has 3 spiro atoms. The Morgan fingerprint density at radius 3 is 1.00 bits per heavy atom. The van der Waals surface area contributed by atoms with Crippen LogP contribution in [0.2, 0.25) is 0 Å². The molecule has 29 heteroatoms. The van der Waals surface area contributed by atoms with Gasteiger partial charge in [-0.3, -0.25) is 33.6 Å². The maximum atomic E-state index is 12.7. The van der Waals surface area contributed by atoms with Crippen molar-refractivity contribution in [2.24, 2.45) is 32.5 Å². The number of esters is 6. The number of hydrogen-bond donors (Lipinski definition) is 0. The van der Waals surface area contributed by atoms with Crippen molar-refractivity contribution >= 4 is 74.5 Å². The van der Waals surface area contributed by atoms with Crippen LogP contribution in [0.15, 0.2) is 53.5 Å². The average molecular weight is 1310 g/mol. The van der Waals surface area contributed by atoms with Gasteiger partial charge in [-0.25, -0.2) is 0 Å².